The van der Waals surface area contributed by atoms with Gasteiger partial charge >= 0.3 is 0 Å². The van der Waals surface area contributed by atoms with Crippen LogP contribution in [0, 0.1) is 22.7 Å². The average molecular weight is 224 g/mol. The first-order chi connectivity index (χ1) is 7.15. The summed E-state index contributed by atoms with van der Waals surface area (Å²) < 4.78 is 0. The zero-order chi connectivity index (χ0) is 12.3. The first kappa shape index (κ1) is 11.9. The van der Waals surface area contributed by atoms with Gasteiger partial charge in [0.15, 0.2) is 0 Å². The van der Waals surface area contributed by atoms with Crippen LogP contribution >= 0.6 is 0 Å². The Hall–Kier alpha value is -0.570. The van der Waals surface area contributed by atoms with Crippen molar-refractivity contribution in [1.82, 2.24) is 4.90 Å². The number of rotatable bonds is 1. The second-order valence-electron chi connectivity index (χ2n) is 7.12. The quantitative estimate of drug-likeness (QED) is 0.733. The van der Waals surface area contributed by atoms with E-state index in [1.807, 2.05) is 25.7 Å². The van der Waals surface area contributed by atoms with Gasteiger partial charge in [0.25, 0.3) is 0 Å². The van der Waals surface area contributed by atoms with Gasteiger partial charge in [0.05, 0.1) is 6.04 Å². The van der Waals surface area contributed by atoms with Gasteiger partial charge < -0.3 is 10.6 Å². The predicted molar refractivity (Wildman–Crippen MR) is 64.8 cm³/mol. The van der Waals surface area contributed by atoms with Crippen LogP contribution in [0.3, 0.4) is 0 Å². The molecule has 1 saturated carbocycles. The fourth-order valence-corrected chi connectivity index (χ4v) is 2.88. The number of nitrogens with zero attached hydrogens (tertiary/aromatic N) is 1. The molecule has 1 saturated heterocycles. The van der Waals surface area contributed by atoms with Gasteiger partial charge in [-0.1, -0.05) is 34.6 Å². The van der Waals surface area contributed by atoms with E-state index in [2.05, 4.69) is 13.8 Å². The molecule has 0 aromatic carbocycles. The summed E-state index contributed by atoms with van der Waals surface area (Å²) in [5.41, 5.74) is 6.33. The fraction of sp³-hybridized carbons (Fsp3) is 0.923. The number of carbonyl (C=O) groups is 1. The molecule has 92 valence electrons. The lowest BCUT2D eigenvalue weighted by Crippen LogP contribution is -2.50. The number of piperidine rings is 1. The van der Waals surface area contributed by atoms with Crippen LogP contribution in [0.1, 0.15) is 34.6 Å². The third-order valence-corrected chi connectivity index (χ3v) is 4.63. The van der Waals surface area contributed by atoms with Crippen molar-refractivity contribution in [3.63, 3.8) is 0 Å². The zero-order valence-electron chi connectivity index (χ0n) is 11.1. The molecule has 0 unspecified atom stereocenters. The van der Waals surface area contributed by atoms with E-state index in [-0.39, 0.29) is 17.4 Å². The highest BCUT2D eigenvalue weighted by molar-refractivity contribution is 5.83. The fourth-order valence-electron chi connectivity index (χ4n) is 2.88. The van der Waals surface area contributed by atoms with Crippen molar-refractivity contribution in [3.05, 3.63) is 0 Å². The molecule has 2 aliphatic rings. The normalized spacial score (nSPS) is 33.5. The van der Waals surface area contributed by atoms with Gasteiger partial charge in [-0.25, -0.2) is 0 Å². The number of fused-ring (bicyclic) bond motifs is 1. The minimum Gasteiger partial charge on any atom is -0.341 e. The minimum atomic E-state index is -0.367. The van der Waals surface area contributed by atoms with E-state index < -0.39 is 0 Å². The highest BCUT2D eigenvalue weighted by Crippen LogP contribution is 2.62. The Morgan fingerprint density at radius 3 is 2.12 bits per heavy atom. The Balaban J connectivity index is 1.95. The second-order valence-corrected chi connectivity index (χ2v) is 7.12. The minimum absolute atomic E-state index is 0.135. The lowest BCUT2D eigenvalue weighted by molar-refractivity contribution is -0.134. The van der Waals surface area contributed by atoms with E-state index in [4.69, 9.17) is 5.73 Å². The lowest BCUT2D eigenvalue weighted by Gasteiger charge is -2.31. The third-order valence-electron chi connectivity index (χ3n) is 4.63. The number of hydrogen-bond acceptors (Lipinski definition) is 2. The zero-order valence-corrected chi connectivity index (χ0v) is 11.1. The summed E-state index contributed by atoms with van der Waals surface area (Å²) in [7, 11) is 0. The molecule has 3 atom stereocenters. The summed E-state index contributed by atoms with van der Waals surface area (Å²) in [6.07, 6.45) is 0. The van der Waals surface area contributed by atoms with Crippen molar-refractivity contribution in [2.75, 3.05) is 13.1 Å². The van der Waals surface area contributed by atoms with Crippen LogP contribution in [0.15, 0.2) is 0 Å². The Kier molecular flexibility index (Phi) is 2.40. The molecule has 2 N–H and O–H groups in total. The maximum absolute atomic E-state index is 12.2. The van der Waals surface area contributed by atoms with E-state index in [9.17, 15) is 4.79 Å². The Bertz CT molecular complexity index is 302. The van der Waals surface area contributed by atoms with Crippen molar-refractivity contribution < 1.29 is 4.79 Å². The molecule has 16 heavy (non-hydrogen) atoms. The summed E-state index contributed by atoms with van der Waals surface area (Å²) in [5.74, 6) is 1.56. The third kappa shape index (κ3) is 1.65. The van der Waals surface area contributed by atoms with E-state index in [0.29, 0.717) is 17.3 Å². The van der Waals surface area contributed by atoms with E-state index in [1.165, 1.54) is 0 Å². The van der Waals surface area contributed by atoms with E-state index >= 15 is 0 Å². The average Bonchev–Trinajstić information content (AvgIpc) is 2.57. The van der Waals surface area contributed by atoms with Gasteiger partial charge in [-0.15, -0.1) is 0 Å². The molecule has 1 aliphatic carbocycles. The maximum atomic E-state index is 12.2. The van der Waals surface area contributed by atoms with Gasteiger partial charge in [-0.05, 0) is 22.7 Å². The van der Waals surface area contributed by atoms with Crippen LogP contribution in [0.5, 0.6) is 0 Å². The first-order valence-corrected chi connectivity index (χ1v) is 6.20. The molecule has 0 bridgehead atoms. The van der Waals surface area contributed by atoms with Crippen LogP contribution in [-0.2, 0) is 4.79 Å². The molecule has 1 heterocycles. The maximum Gasteiger partial charge on any atom is 0.240 e. The summed E-state index contributed by atoms with van der Waals surface area (Å²) >= 11 is 0. The van der Waals surface area contributed by atoms with Crippen molar-refractivity contribution in [2.24, 2.45) is 28.4 Å². The summed E-state index contributed by atoms with van der Waals surface area (Å²) in [4.78, 5) is 14.1. The van der Waals surface area contributed by atoms with Gasteiger partial charge in [0.2, 0.25) is 5.91 Å². The van der Waals surface area contributed by atoms with Crippen LogP contribution in [0.25, 0.3) is 0 Å². The van der Waals surface area contributed by atoms with Gasteiger partial charge in [0, 0.05) is 13.1 Å². The smallest absolute Gasteiger partial charge is 0.240 e. The molecular formula is C13H24N2O. The van der Waals surface area contributed by atoms with Gasteiger partial charge in [-0.3, -0.25) is 4.79 Å². The number of amides is 1. The van der Waals surface area contributed by atoms with Crippen LogP contribution in [0.2, 0.25) is 0 Å². The predicted octanol–water partition coefficient (Wildman–Crippen LogP) is 1.47. The Morgan fingerprint density at radius 1 is 1.31 bits per heavy atom. The van der Waals surface area contributed by atoms with E-state index in [0.717, 1.165) is 13.1 Å². The van der Waals surface area contributed by atoms with Crippen molar-refractivity contribution >= 4 is 5.91 Å². The van der Waals surface area contributed by atoms with Crippen LogP contribution in [-0.4, -0.2) is 29.9 Å². The molecule has 2 fully saturated rings. The Morgan fingerprint density at radius 2 is 1.75 bits per heavy atom. The van der Waals surface area contributed by atoms with Crippen molar-refractivity contribution in [3.8, 4) is 0 Å². The molecule has 0 aromatic rings. The number of nitrogens with two attached hydrogens (primary N) is 1. The lowest BCUT2D eigenvalue weighted by atomic mass is 9.86. The molecule has 2 rings (SSSR count). The number of likely N-dealkylation sites (tertiary alicyclic amines) is 1. The Labute approximate surface area is 98.4 Å². The molecule has 3 nitrogen and oxygen atoms in total. The first-order valence-electron chi connectivity index (χ1n) is 6.20. The number of hydrogen-bond donors (Lipinski definition) is 1. The monoisotopic (exact) mass is 224 g/mol. The number of carbonyl (C=O) groups excluding carboxylic acids is 1. The summed E-state index contributed by atoms with van der Waals surface area (Å²) in [6.45, 7) is 12.5. The van der Waals surface area contributed by atoms with Gasteiger partial charge in [-0.2, -0.15) is 0 Å². The van der Waals surface area contributed by atoms with Gasteiger partial charge in [0.1, 0.15) is 0 Å². The summed E-state index contributed by atoms with van der Waals surface area (Å²) in [6, 6.07) is -0.367. The van der Waals surface area contributed by atoms with Crippen LogP contribution in [0.4, 0.5) is 0 Å². The molecule has 1 aliphatic heterocycles. The largest absolute Gasteiger partial charge is 0.341 e. The topological polar surface area (TPSA) is 46.3 Å². The highest BCUT2D eigenvalue weighted by Gasteiger charge is 2.62. The molecular weight excluding hydrogens is 200 g/mol. The molecule has 0 aromatic heterocycles. The summed E-state index contributed by atoms with van der Waals surface area (Å²) in [5, 5.41) is 0. The molecule has 1 amide bonds. The standard InChI is InChI=1S/C13H24N2O/c1-12(2,3)10(14)11(16)15-6-8-9(7-15)13(8,4)5/h8-10H,6-7,14H2,1-5H3/t8-,9+,10-/m0/s1. The van der Waals surface area contributed by atoms with Crippen molar-refractivity contribution in [1.29, 1.82) is 0 Å². The molecule has 0 spiro atoms. The molecule has 3 heteroatoms. The SMILES string of the molecule is CC(C)(C)[C@@H](N)C(=O)N1C[C@@H]2[C@H](C1)C2(C)C. The van der Waals surface area contributed by atoms with Crippen LogP contribution < -0.4 is 5.73 Å². The van der Waals surface area contributed by atoms with E-state index in [1.54, 1.807) is 0 Å². The van der Waals surface area contributed by atoms with Crippen molar-refractivity contribution in [2.45, 2.75) is 40.7 Å². The highest BCUT2D eigenvalue weighted by atomic mass is 16.2. The molecule has 0 radical (unpaired) electrons. The second kappa shape index (κ2) is 3.22.